The number of benzene rings is 2. The fourth-order valence-corrected chi connectivity index (χ4v) is 3.81. The second-order valence-corrected chi connectivity index (χ2v) is 7.10. The molecule has 0 aliphatic heterocycles. The quantitative estimate of drug-likeness (QED) is 0.516. The zero-order valence-electron chi connectivity index (χ0n) is 16.3. The van der Waals surface area contributed by atoms with Crippen LogP contribution >= 0.6 is 11.6 Å². The summed E-state index contributed by atoms with van der Waals surface area (Å²) in [5.74, 6) is 0.672. The van der Waals surface area contributed by atoms with E-state index in [1.807, 2.05) is 54.0 Å². The molecule has 0 aliphatic carbocycles. The number of aryl methyl sites for hydroxylation is 1. The number of rotatable bonds is 4. The van der Waals surface area contributed by atoms with Crippen LogP contribution in [0.1, 0.15) is 6.92 Å². The fraction of sp³-hybridized carbons (Fsp3) is 0.182. The largest absolute Gasteiger partial charge is 0.492 e. The lowest BCUT2D eigenvalue weighted by molar-refractivity contribution is 0.339. The van der Waals surface area contributed by atoms with E-state index in [9.17, 15) is 9.59 Å². The van der Waals surface area contributed by atoms with Crippen LogP contribution in [-0.2, 0) is 14.1 Å². The molecular formula is C22H20ClN3O3. The van der Waals surface area contributed by atoms with Crippen molar-refractivity contribution in [2.75, 3.05) is 6.61 Å². The second-order valence-electron chi connectivity index (χ2n) is 6.69. The van der Waals surface area contributed by atoms with E-state index in [0.29, 0.717) is 39.5 Å². The van der Waals surface area contributed by atoms with E-state index in [4.69, 9.17) is 16.3 Å². The molecule has 0 radical (unpaired) electrons. The van der Waals surface area contributed by atoms with Crippen molar-refractivity contribution in [1.29, 1.82) is 0 Å². The summed E-state index contributed by atoms with van der Waals surface area (Å²) in [6.07, 6.45) is 1.79. The van der Waals surface area contributed by atoms with Gasteiger partial charge in [0.25, 0.3) is 5.56 Å². The van der Waals surface area contributed by atoms with Crippen LogP contribution in [0.5, 0.6) is 5.75 Å². The molecule has 0 N–H and O–H groups in total. The van der Waals surface area contributed by atoms with Crippen molar-refractivity contribution in [2.45, 2.75) is 6.92 Å². The second kappa shape index (κ2) is 7.29. The van der Waals surface area contributed by atoms with Gasteiger partial charge in [0, 0.05) is 30.9 Å². The zero-order chi connectivity index (χ0) is 20.7. The van der Waals surface area contributed by atoms with Gasteiger partial charge in [-0.1, -0.05) is 41.9 Å². The van der Waals surface area contributed by atoms with Crippen molar-refractivity contribution in [2.24, 2.45) is 14.1 Å². The minimum Gasteiger partial charge on any atom is -0.492 e. The molecule has 0 atom stereocenters. The first-order chi connectivity index (χ1) is 14.0. The average molecular weight is 410 g/mol. The van der Waals surface area contributed by atoms with E-state index in [-0.39, 0.29) is 11.2 Å². The van der Waals surface area contributed by atoms with Gasteiger partial charge in [-0.2, -0.15) is 0 Å². The average Bonchev–Trinajstić information content (AvgIpc) is 3.12. The molecule has 0 saturated carbocycles. The van der Waals surface area contributed by atoms with Gasteiger partial charge in [0.05, 0.1) is 28.9 Å². The molecule has 2 aromatic heterocycles. The van der Waals surface area contributed by atoms with E-state index in [0.717, 1.165) is 10.3 Å². The maximum absolute atomic E-state index is 13.1. The van der Waals surface area contributed by atoms with Crippen molar-refractivity contribution in [3.05, 3.63) is 80.6 Å². The number of ether oxygens (including phenoxy) is 1. The molecule has 2 heterocycles. The van der Waals surface area contributed by atoms with Crippen LogP contribution < -0.4 is 16.0 Å². The number of aromatic nitrogens is 3. The maximum atomic E-state index is 13.1. The van der Waals surface area contributed by atoms with Gasteiger partial charge < -0.3 is 9.30 Å². The predicted molar refractivity (Wildman–Crippen MR) is 115 cm³/mol. The minimum atomic E-state index is -0.386. The molecule has 0 amide bonds. The summed E-state index contributed by atoms with van der Waals surface area (Å²) in [6.45, 7) is 2.41. The molecule has 2 aromatic carbocycles. The highest BCUT2D eigenvalue weighted by Gasteiger charge is 2.22. The Bertz CT molecular complexity index is 1350. The van der Waals surface area contributed by atoms with Crippen molar-refractivity contribution in [3.63, 3.8) is 0 Å². The molecule has 29 heavy (non-hydrogen) atoms. The van der Waals surface area contributed by atoms with Crippen molar-refractivity contribution in [3.8, 4) is 22.7 Å². The van der Waals surface area contributed by atoms with Crippen molar-refractivity contribution < 1.29 is 4.74 Å². The number of fused-ring (bicyclic) bond motifs is 1. The summed E-state index contributed by atoms with van der Waals surface area (Å²) in [5, 5.41) is 0.938. The maximum Gasteiger partial charge on any atom is 0.330 e. The SMILES string of the molecule is CCOc1ccccc1-n1cc2c(c1-c1ccccc1Cl)c(=O)n(C)c(=O)n2C. The summed E-state index contributed by atoms with van der Waals surface area (Å²) in [4.78, 5) is 25.6. The Morgan fingerprint density at radius 2 is 1.66 bits per heavy atom. The van der Waals surface area contributed by atoms with Crippen LogP contribution in [0.25, 0.3) is 27.8 Å². The van der Waals surface area contributed by atoms with Crippen LogP contribution in [0.2, 0.25) is 5.02 Å². The molecule has 0 aliphatic rings. The molecule has 4 aromatic rings. The Labute approximate surface area is 172 Å². The lowest BCUT2D eigenvalue weighted by Crippen LogP contribution is -2.36. The summed E-state index contributed by atoms with van der Waals surface area (Å²) < 4.78 is 10.3. The number of halogens is 1. The Morgan fingerprint density at radius 1 is 0.966 bits per heavy atom. The number of hydrogen-bond donors (Lipinski definition) is 0. The van der Waals surface area contributed by atoms with Gasteiger partial charge in [0.1, 0.15) is 5.75 Å². The van der Waals surface area contributed by atoms with Gasteiger partial charge in [-0.3, -0.25) is 13.9 Å². The van der Waals surface area contributed by atoms with Crippen molar-refractivity contribution >= 4 is 22.5 Å². The highest BCUT2D eigenvalue weighted by atomic mass is 35.5. The standard InChI is InChI=1S/C22H20ClN3O3/c1-4-29-18-12-8-7-11-16(18)26-13-17-19(21(27)25(3)22(28)24(17)2)20(26)14-9-5-6-10-15(14)23/h5-13H,4H2,1-3H3. The highest BCUT2D eigenvalue weighted by Crippen LogP contribution is 2.37. The number of para-hydroxylation sites is 2. The van der Waals surface area contributed by atoms with E-state index in [1.165, 1.54) is 11.6 Å². The third kappa shape index (κ3) is 2.96. The highest BCUT2D eigenvalue weighted by molar-refractivity contribution is 6.33. The van der Waals surface area contributed by atoms with Gasteiger partial charge in [0.15, 0.2) is 0 Å². The van der Waals surface area contributed by atoms with Gasteiger partial charge in [-0.25, -0.2) is 4.79 Å². The summed E-state index contributed by atoms with van der Waals surface area (Å²) in [6, 6.07) is 14.9. The van der Waals surface area contributed by atoms with Crippen LogP contribution in [0.3, 0.4) is 0 Å². The Balaban J connectivity index is 2.22. The van der Waals surface area contributed by atoms with E-state index in [1.54, 1.807) is 19.3 Å². The first-order valence-electron chi connectivity index (χ1n) is 9.23. The summed E-state index contributed by atoms with van der Waals surface area (Å²) >= 11 is 6.52. The van der Waals surface area contributed by atoms with E-state index in [2.05, 4.69) is 0 Å². The van der Waals surface area contributed by atoms with Crippen LogP contribution in [0.4, 0.5) is 0 Å². The monoisotopic (exact) mass is 409 g/mol. The van der Waals surface area contributed by atoms with E-state index >= 15 is 0 Å². The molecule has 7 heteroatoms. The minimum absolute atomic E-state index is 0.370. The third-order valence-electron chi connectivity index (χ3n) is 4.99. The summed E-state index contributed by atoms with van der Waals surface area (Å²) in [5.41, 5.74) is 1.85. The third-order valence-corrected chi connectivity index (χ3v) is 5.32. The van der Waals surface area contributed by atoms with E-state index < -0.39 is 0 Å². The Hall–Kier alpha value is -3.25. The van der Waals surface area contributed by atoms with Gasteiger partial charge in [0.2, 0.25) is 0 Å². The molecule has 4 rings (SSSR count). The van der Waals surface area contributed by atoms with Crippen LogP contribution in [0.15, 0.2) is 64.3 Å². The number of hydrogen-bond acceptors (Lipinski definition) is 3. The normalized spacial score (nSPS) is 11.2. The lowest BCUT2D eigenvalue weighted by Gasteiger charge is -2.15. The topological polar surface area (TPSA) is 58.2 Å². The molecule has 0 bridgehead atoms. The Morgan fingerprint density at radius 3 is 2.38 bits per heavy atom. The first-order valence-corrected chi connectivity index (χ1v) is 9.61. The molecule has 148 valence electrons. The number of nitrogens with zero attached hydrogens (tertiary/aromatic N) is 3. The molecule has 0 saturated heterocycles. The predicted octanol–water partition coefficient (Wildman–Crippen LogP) is 3.75. The van der Waals surface area contributed by atoms with Crippen LogP contribution in [-0.4, -0.2) is 20.3 Å². The van der Waals surface area contributed by atoms with Gasteiger partial charge in [-0.15, -0.1) is 0 Å². The van der Waals surface area contributed by atoms with Gasteiger partial charge >= 0.3 is 5.69 Å². The summed E-state index contributed by atoms with van der Waals surface area (Å²) in [7, 11) is 3.13. The lowest BCUT2D eigenvalue weighted by atomic mass is 10.1. The molecule has 6 nitrogen and oxygen atoms in total. The molecular weight excluding hydrogens is 390 g/mol. The Kier molecular flexibility index (Phi) is 4.80. The van der Waals surface area contributed by atoms with Crippen LogP contribution in [0, 0.1) is 0 Å². The molecule has 0 fully saturated rings. The first kappa shape index (κ1) is 19.1. The smallest absolute Gasteiger partial charge is 0.330 e. The molecule has 0 spiro atoms. The zero-order valence-corrected chi connectivity index (χ0v) is 17.1. The fourth-order valence-electron chi connectivity index (χ4n) is 3.58. The van der Waals surface area contributed by atoms with Crippen molar-refractivity contribution in [1.82, 2.24) is 13.7 Å². The van der Waals surface area contributed by atoms with Gasteiger partial charge in [-0.05, 0) is 25.1 Å². The molecule has 0 unspecified atom stereocenters.